The Morgan fingerprint density at radius 2 is 1.96 bits per heavy atom. The molecule has 0 aromatic heterocycles. The van der Waals surface area contributed by atoms with E-state index < -0.39 is 5.54 Å². The van der Waals surface area contributed by atoms with E-state index in [4.69, 9.17) is 4.74 Å². The second-order valence-corrected chi connectivity index (χ2v) is 6.12. The quantitative estimate of drug-likeness (QED) is 0.691. The van der Waals surface area contributed by atoms with Gasteiger partial charge in [0.25, 0.3) is 0 Å². The Morgan fingerprint density at radius 1 is 1.25 bits per heavy atom. The summed E-state index contributed by atoms with van der Waals surface area (Å²) in [5.41, 5.74) is 2.13. The van der Waals surface area contributed by atoms with Gasteiger partial charge in [-0.2, -0.15) is 0 Å². The van der Waals surface area contributed by atoms with Crippen molar-refractivity contribution in [3.63, 3.8) is 0 Å². The number of aryl methyl sites for hydroxylation is 1. The number of carbonyl (C=O) groups is 1. The van der Waals surface area contributed by atoms with Crippen LogP contribution in [0.2, 0.25) is 0 Å². The van der Waals surface area contributed by atoms with Crippen LogP contribution in [-0.4, -0.2) is 37.6 Å². The minimum Gasteiger partial charge on any atom is -0.376 e. The molecule has 0 unspecified atom stereocenters. The standard InChI is InChI=1S/C19H21FN2O2.C2H6.CH3Cl/c1-14-8-9-16(20)10-17(14)21-11-18(23)22-19(12-24-13-19)15-6-4-2-3-5-7-15;2*1-2/h2-4,6-10,21H,5,11-13H2,1H3,(H,22,23);1-2H3;1H3. The van der Waals surface area contributed by atoms with Crippen LogP contribution < -0.4 is 10.6 Å². The van der Waals surface area contributed by atoms with Gasteiger partial charge < -0.3 is 15.4 Å². The number of amides is 1. The van der Waals surface area contributed by atoms with Gasteiger partial charge in [-0.1, -0.05) is 50.3 Å². The van der Waals surface area contributed by atoms with Gasteiger partial charge in [0.15, 0.2) is 0 Å². The first kappa shape index (κ1) is 23.9. The lowest BCUT2D eigenvalue weighted by Crippen LogP contribution is -2.63. The summed E-state index contributed by atoms with van der Waals surface area (Å²) in [6, 6.07) is 4.48. The van der Waals surface area contributed by atoms with Crippen LogP contribution in [-0.2, 0) is 9.53 Å². The maximum atomic E-state index is 13.3. The zero-order valence-electron chi connectivity index (χ0n) is 17.0. The summed E-state index contributed by atoms with van der Waals surface area (Å²) in [6.07, 6.45) is 12.4. The Kier molecular flexibility index (Phi) is 10.6. The smallest absolute Gasteiger partial charge is 0.240 e. The molecule has 0 bridgehead atoms. The highest BCUT2D eigenvalue weighted by Gasteiger charge is 2.42. The molecule has 1 saturated heterocycles. The fraction of sp³-hybridized carbons (Fsp3) is 0.409. The van der Waals surface area contributed by atoms with Crippen LogP contribution in [0.5, 0.6) is 0 Å². The molecule has 4 nitrogen and oxygen atoms in total. The van der Waals surface area contributed by atoms with E-state index in [2.05, 4.69) is 34.4 Å². The SMILES string of the molecule is CC.CCl.Cc1ccc(F)cc1NCC(=O)NC1(C2=CCC=CC=C2)COC1. The molecule has 0 saturated carbocycles. The van der Waals surface area contributed by atoms with Crippen LogP contribution in [0.4, 0.5) is 10.1 Å². The number of carbonyl (C=O) groups excluding carboxylic acids is 1. The summed E-state index contributed by atoms with van der Waals surface area (Å²) in [7, 11) is 0. The molecule has 2 aliphatic rings. The number of nitrogens with one attached hydrogen (secondary N) is 2. The molecule has 0 radical (unpaired) electrons. The molecule has 1 aromatic carbocycles. The Hall–Kier alpha value is -2.11. The zero-order chi connectivity index (χ0) is 21.0. The number of hydrogen-bond acceptors (Lipinski definition) is 3. The van der Waals surface area contributed by atoms with E-state index in [-0.39, 0.29) is 18.3 Å². The van der Waals surface area contributed by atoms with Gasteiger partial charge in [-0.3, -0.25) is 4.79 Å². The van der Waals surface area contributed by atoms with Gasteiger partial charge in [0.2, 0.25) is 5.91 Å². The lowest BCUT2D eigenvalue weighted by Gasteiger charge is -2.43. The van der Waals surface area contributed by atoms with Crippen molar-refractivity contribution in [1.29, 1.82) is 0 Å². The van der Waals surface area contributed by atoms with E-state index in [1.54, 1.807) is 6.07 Å². The van der Waals surface area contributed by atoms with Crippen molar-refractivity contribution in [2.45, 2.75) is 32.7 Å². The van der Waals surface area contributed by atoms with Gasteiger partial charge in [-0.05, 0) is 36.6 Å². The average molecular weight is 409 g/mol. The highest BCUT2D eigenvalue weighted by atomic mass is 35.5. The van der Waals surface area contributed by atoms with E-state index in [0.717, 1.165) is 17.6 Å². The Balaban J connectivity index is 0.000000921. The van der Waals surface area contributed by atoms with Crippen molar-refractivity contribution in [2.75, 3.05) is 31.5 Å². The van der Waals surface area contributed by atoms with Gasteiger partial charge in [0.05, 0.1) is 19.8 Å². The minimum atomic E-state index is -0.460. The Labute approximate surface area is 172 Å². The molecule has 6 heteroatoms. The normalized spacial score (nSPS) is 16.1. The highest BCUT2D eigenvalue weighted by Crippen LogP contribution is 2.28. The van der Waals surface area contributed by atoms with Crippen LogP contribution in [0.1, 0.15) is 25.8 Å². The van der Waals surface area contributed by atoms with Crippen molar-refractivity contribution < 1.29 is 13.9 Å². The first-order valence-electron chi connectivity index (χ1n) is 9.39. The molecule has 1 heterocycles. The summed E-state index contributed by atoms with van der Waals surface area (Å²) >= 11 is 4.64. The number of anilines is 1. The second kappa shape index (κ2) is 12.4. The molecule has 1 fully saturated rings. The van der Waals surface area contributed by atoms with Crippen molar-refractivity contribution in [3.05, 3.63) is 65.5 Å². The number of allylic oxidation sites excluding steroid dienone is 4. The summed E-state index contributed by atoms with van der Waals surface area (Å²) in [6.45, 7) is 6.89. The fourth-order valence-electron chi connectivity index (χ4n) is 2.82. The minimum absolute atomic E-state index is 0.0846. The van der Waals surface area contributed by atoms with E-state index in [9.17, 15) is 9.18 Å². The first-order valence-corrected chi connectivity index (χ1v) is 10.2. The lowest BCUT2D eigenvalue weighted by molar-refractivity contribution is -0.127. The Morgan fingerprint density at radius 3 is 2.61 bits per heavy atom. The summed E-state index contributed by atoms with van der Waals surface area (Å²) in [5.74, 6) is -0.470. The van der Waals surface area contributed by atoms with Crippen molar-refractivity contribution in [1.82, 2.24) is 5.32 Å². The van der Waals surface area contributed by atoms with Crippen LogP contribution in [0, 0.1) is 12.7 Å². The van der Waals surface area contributed by atoms with E-state index >= 15 is 0 Å². The maximum Gasteiger partial charge on any atom is 0.240 e. The third kappa shape index (κ3) is 6.50. The summed E-state index contributed by atoms with van der Waals surface area (Å²) in [4.78, 5) is 12.4. The van der Waals surface area contributed by atoms with Gasteiger partial charge in [-0.15, -0.1) is 11.6 Å². The monoisotopic (exact) mass is 408 g/mol. The molecule has 0 atom stereocenters. The third-order valence-electron chi connectivity index (χ3n) is 4.26. The number of rotatable bonds is 5. The van der Waals surface area contributed by atoms with Crippen LogP contribution >= 0.6 is 11.6 Å². The molecular formula is C22H30ClFN2O2. The molecule has 1 aliphatic heterocycles. The van der Waals surface area contributed by atoms with Gasteiger partial charge in [0, 0.05) is 12.1 Å². The van der Waals surface area contributed by atoms with Gasteiger partial charge in [-0.25, -0.2) is 4.39 Å². The number of halogens is 2. The van der Waals surface area contributed by atoms with E-state index in [0.29, 0.717) is 18.9 Å². The van der Waals surface area contributed by atoms with Crippen LogP contribution in [0.15, 0.2) is 54.2 Å². The molecular weight excluding hydrogens is 379 g/mol. The predicted octanol–water partition coefficient (Wildman–Crippen LogP) is 4.75. The molecule has 0 spiro atoms. The first-order chi connectivity index (χ1) is 13.6. The lowest BCUT2D eigenvalue weighted by atomic mass is 9.86. The fourth-order valence-corrected chi connectivity index (χ4v) is 2.82. The van der Waals surface area contributed by atoms with Crippen LogP contribution in [0.25, 0.3) is 0 Å². The van der Waals surface area contributed by atoms with Crippen molar-refractivity contribution in [3.8, 4) is 0 Å². The van der Waals surface area contributed by atoms with Crippen molar-refractivity contribution >= 4 is 23.2 Å². The highest BCUT2D eigenvalue weighted by molar-refractivity contribution is 6.15. The average Bonchev–Trinajstić information content (AvgIpc) is 2.98. The van der Waals surface area contributed by atoms with Gasteiger partial charge >= 0.3 is 0 Å². The third-order valence-corrected chi connectivity index (χ3v) is 4.26. The van der Waals surface area contributed by atoms with E-state index in [1.807, 2.05) is 39.0 Å². The van der Waals surface area contributed by atoms with Crippen LogP contribution in [0.3, 0.4) is 0 Å². The number of ether oxygens (including phenoxy) is 1. The number of alkyl halides is 1. The predicted molar refractivity (Wildman–Crippen MR) is 115 cm³/mol. The maximum absolute atomic E-state index is 13.3. The van der Waals surface area contributed by atoms with Gasteiger partial charge in [0.1, 0.15) is 11.4 Å². The number of hydrogen-bond donors (Lipinski definition) is 2. The molecule has 3 rings (SSSR count). The molecule has 1 aromatic rings. The summed E-state index contributed by atoms with van der Waals surface area (Å²) in [5, 5.41) is 6.06. The Bertz CT molecular complexity index is 725. The zero-order valence-corrected chi connectivity index (χ0v) is 17.8. The van der Waals surface area contributed by atoms with Crippen molar-refractivity contribution in [2.24, 2.45) is 0 Å². The molecule has 28 heavy (non-hydrogen) atoms. The largest absolute Gasteiger partial charge is 0.376 e. The molecule has 1 amide bonds. The summed E-state index contributed by atoms with van der Waals surface area (Å²) < 4.78 is 18.7. The molecule has 1 aliphatic carbocycles. The van der Waals surface area contributed by atoms with E-state index in [1.165, 1.54) is 18.5 Å². The second-order valence-electron chi connectivity index (χ2n) is 6.12. The molecule has 2 N–H and O–H groups in total. The topological polar surface area (TPSA) is 50.4 Å². The molecule has 154 valence electrons. The number of benzene rings is 1.